The molecule has 0 heterocycles. The van der Waals surface area contributed by atoms with Crippen molar-refractivity contribution in [2.24, 2.45) is 5.10 Å². The second kappa shape index (κ2) is 10.6. The molecule has 0 radical (unpaired) electrons. The highest BCUT2D eigenvalue weighted by molar-refractivity contribution is 8.00. The second-order valence-electron chi connectivity index (χ2n) is 6.27. The average Bonchev–Trinajstić information content (AvgIpc) is 2.77. The maximum atomic E-state index is 12.2. The Kier molecular flexibility index (Phi) is 7.65. The summed E-state index contributed by atoms with van der Waals surface area (Å²) in [5.74, 6) is -0.200. The summed E-state index contributed by atoms with van der Waals surface area (Å²) in [6.45, 7) is 1.81. The van der Waals surface area contributed by atoms with Crippen LogP contribution in [0.15, 0.2) is 88.9 Å². The summed E-state index contributed by atoms with van der Waals surface area (Å²) >= 11 is 7.29. The third-order valence-electron chi connectivity index (χ3n) is 3.98. The van der Waals surface area contributed by atoms with Crippen LogP contribution in [0.5, 0.6) is 5.75 Å². The van der Waals surface area contributed by atoms with Crippen LogP contribution >= 0.6 is 23.4 Å². The monoisotopic (exact) mass is 438 g/mol. The van der Waals surface area contributed by atoms with Crippen molar-refractivity contribution in [2.75, 3.05) is 0 Å². The number of hydrazone groups is 1. The predicted octanol–water partition coefficient (Wildman–Crippen LogP) is 5.19. The maximum Gasteiger partial charge on any atom is 0.343 e. The molecule has 1 atom stereocenters. The van der Waals surface area contributed by atoms with E-state index in [2.05, 4.69) is 10.5 Å². The van der Waals surface area contributed by atoms with Crippen LogP contribution in [0.3, 0.4) is 0 Å². The third kappa shape index (κ3) is 6.47. The van der Waals surface area contributed by atoms with Gasteiger partial charge in [-0.05, 0) is 73.2 Å². The quantitative estimate of drug-likeness (QED) is 0.181. The molecule has 3 aromatic carbocycles. The summed E-state index contributed by atoms with van der Waals surface area (Å²) in [5.41, 5.74) is 3.77. The zero-order valence-corrected chi connectivity index (χ0v) is 17.7. The van der Waals surface area contributed by atoms with E-state index < -0.39 is 5.97 Å². The zero-order chi connectivity index (χ0) is 21.3. The fourth-order valence-electron chi connectivity index (χ4n) is 2.39. The molecule has 5 nitrogen and oxygen atoms in total. The van der Waals surface area contributed by atoms with E-state index in [1.54, 1.807) is 67.6 Å². The van der Waals surface area contributed by atoms with Gasteiger partial charge in [0, 0.05) is 9.92 Å². The van der Waals surface area contributed by atoms with Gasteiger partial charge in [0.05, 0.1) is 17.0 Å². The normalized spacial score (nSPS) is 11.8. The van der Waals surface area contributed by atoms with Crippen LogP contribution in [-0.4, -0.2) is 23.3 Å². The van der Waals surface area contributed by atoms with Gasteiger partial charge in [0.2, 0.25) is 0 Å². The lowest BCUT2D eigenvalue weighted by Gasteiger charge is -2.09. The van der Waals surface area contributed by atoms with Crippen LogP contribution in [0.1, 0.15) is 22.8 Å². The number of ether oxygens (including phenoxy) is 1. The fraction of sp³-hybridized carbons (Fsp3) is 0.0870. The molecular weight excluding hydrogens is 420 g/mol. The first-order valence-electron chi connectivity index (χ1n) is 9.14. The third-order valence-corrected chi connectivity index (χ3v) is 5.35. The first-order chi connectivity index (χ1) is 14.5. The molecule has 0 bridgehead atoms. The van der Waals surface area contributed by atoms with Crippen LogP contribution in [0.25, 0.3) is 0 Å². The largest absolute Gasteiger partial charge is 0.423 e. The maximum absolute atomic E-state index is 12.2. The SMILES string of the molecule is C[C@H](Sc1ccc(Cl)cc1)C(=O)N/N=C\c1ccc(OC(=O)c2ccccc2)cc1. The van der Waals surface area contributed by atoms with E-state index in [9.17, 15) is 9.59 Å². The minimum atomic E-state index is -0.420. The minimum Gasteiger partial charge on any atom is -0.423 e. The number of thioether (sulfide) groups is 1. The Morgan fingerprint density at radius 2 is 1.67 bits per heavy atom. The van der Waals surface area contributed by atoms with E-state index in [1.165, 1.54) is 18.0 Å². The van der Waals surface area contributed by atoms with Gasteiger partial charge in [0.25, 0.3) is 5.91 Å². The Labute approximate surface area is 184 Å². The smallest absolute Gasteiger partial charge is 0.343 e. The van der Waals surface area contributed by atoms with Crippen molar-refractivity contribution in [1.29, 1.82) is 0 Å². The summed E-state index contributed by atoms with van der Waals surface area (Å²) in [7, 11) is 0. The Balaban J connectivity index is 1.49. The van der Waals surface area contributed by atoms with Crippen molar-refractivity contribution in [3.05, 3.63) is 95.0 Å². The molecule has 1 N–H and O–H groups in total. The number of amides is 1. The Morgan fingerprint density at radius 1 is 1.00 bits per heavy atom. The molecule has 152 valence electrons. The van der Waals surface area contributed by atoms with Crippen LogP contribution < -0.4 is 10.2 Å². The lowest BCUT2D eigenvalue weighted by molar-refractivity contribution is -0.120. The summed E-state index contributed by atoms with van der Waals surface area (Å²) in [4.78, 5) is 25.2. The summed E-state index contributed by atoms with van der Waals surface area (Å²) in [6, 6.07) is 22.9. The van der Waals surface area contributed by atoms with Gasteiger partial charge in [-0.3, -0.25) is 4.79 Å². The number of nitrogens with one attached hydrogen (secondary N) is 1. The van der Waals surface area contributed by atoms with Crippen LogP contribution in [0.4, 0.5) is 0 Å². The molecule has 3 aromatic rings. The first kappa shape index (κ1) is 21.6. The lowest BCUT2D eigenvalue weighted by atomic mass is 10.2. The average molecular weight is 439 g/mol. The Morgan fingerprint density at radius 3 is 2.33 bits per heavy atom. The summed E-state index contributed by atoms with van der Waals surface area (Å²) in [5, 5.41) is 4.33. The Bertz CT molecular complexity index is 1020. The number of hydrogen-bond acceptors (Lipinski definition) is 5. The van der Waals surface area contributed by atoms with Crippen molar-refractivity contribution in [3.63, 3.8) is 0 Å². The van der Waals surface area contributed by atoms with Crippen LogP contribution in [0.2, 0.25) is 5.02 Å². The summed E-state index contributed by atoms with van der Waals surface area (Å²) < 4.78 is 5.33. The van der Waals surface area contributed by atoms with E-state index in [4.69, 9.17) is 16.3 Å². The number of hydrogen-bond donors (Lipinski definition) is 1. The first-order valence-corrected chi connectivity index (χ1v) is 10.4. The number of carbonyl (C=O) groups excluding carboxylic acids is 2. The van der Waals surface area contributed by atoms with Gasteiger partial charge in [0.15, 0.2) is 0 Å². The fourth-order valence-corrected chi connectivity index (χ4v) is 3.38. The van der Waals surface area contributed by atoms with Gasteiger partial charge < -0.3 is 4.74 Å². The second-order valence-corrected chi connectivity index (χ2v) is 8.12. The molecule has 0 spiro atoms. The highest BCUT2D eigenvalue weighted by Crippen LogP contribution is 2.24. The Hall–Kier alpha value is -3.09. The number of rotatable bonds is 7. The lowest BCUT2D eigenvalue weighted by Crippen LogP contribution is -2.26. The molecule has 0 saturated carbocycles. The molecule has 0 fully saturated rings. The van der Waals surface area contributed by atoms with Crippen LogP contribution in [-0.2, 0) is 4.79 Å². The van der Waals surface area contributed by atoms with Crippen molar-refractivity contribution in [3.8, 4) is 5.75 Å². The summed E-state index contributed by atoms with van der Waals surface area (Å²) in [6.07, 6.45) is 1.53. The number of benzene rings is 3. The number of nitrogens with zero attached hydrogens (tertiary/aromatic N) is 1. The highest BCUT2D eigenvalue weighted by atomic mass is 35.5. The molecule has 0 aliphatic carbocycles. The standard InChI is InChI=1S/C23H19ClN2O3S/c1-16(30-21-13-9-19(24)10-14-21)22(27)26-25-15-17-7-11-20(12-8-17)29-23(28)18-5-3-2-4-6-18/h2-16H,1H3,(H,26,27)/b25-15-/t16-/m0/s1. The molecule has 0 aliphatic heterocycles. The van der Waals surface area contributed by atoms with E-state index in [1.807, 2.05) is 18.2 Å². The molecule has 0 unspecified atom stereocenters. The van der Waals surface area contributed by atoms with Crippen molar-refractivity contribution in [2.45, 2.75) is 17.1 Å². The molecule has 1 amide bonds. The molecule has 30 heavy (non-hydrogen) atoms. The van der Waals surface area contributed by atoms with Gasteiger partial charge >= 0.3 is 5.97 Å². The van der Waals surface area contributed by atoms with Gasteiger partial charge in [-0.1, -0.05) is 29.8 Å². The molecule has 0 saturated heterocycles. The number of halogens is 1. The topological polar surface area (TPSA) is 67.8 Å². The number of esters is 1. The highest BCUT2D eigenvalue weighted by Gasteiger charge is 2.13. The van der Waals surface area contributed by atoms with E-state index >= 15 is 0 Å². The van der Waals surface area contributed by atoms with E-state index in [0.29, 0.717) is 16.3 Å². The van der Waals surface area contributed by atoms with Gasteiger partial charge in [-0.25, -0.2) is 10.2 Å². The minimum absolute atomic E-state index is 0.209. The molecule has 7 heteroatoms. The molecule has 3 rings (SSSR count). The predicted molar refractivity (Wildman–Crippen MR) is 120 cm³/mol. The van der Waals surface area contributed by atoms with Crippen molar-refractivity contribution in [1.82, 2.24) is 5.43 Å². The zero-order valence-electron chi connectivity index (χ0n) is 16.1. The van der Waals surface area contributed by atoms with Crippen LogP contribution in [0, 0.1) is 0 Å². The van der Waals surface area contributed by atoms with E-state index in [0.717, 1.165) is 10.5 Å². The van der Waals surface area contributed by atoms with Crippen molar-refractivity contribution < 1.29 is 14.3 Å². The molecule has 0 aliphatic rings. The van der Waals surface area contributed by atoms with Gasteiger partial charge in [0.1, 0.15) is 5.75 Å². The van der Waals surface area contributed by atoms with Crippen molar-refractivity contribution >= 4 is 41.5 Å². The molecule has 0 aromatic heterocycles. The number of carbonyl (C=O) groups is 2. The van der Waals surface area contributed by atoms with Gasteiger partial charge in [-0.2, -0.15) is 5.10 Å². The van der Waals surface area contributed by atoms with E-state index in [-0.39, 0.29) is 11.2 Å². The molecular formula is C23H19ClN2O3S. The van der Waals surface area contributed by atoms with Gasteiger partial charge in [-0.15, -0.1) is 11.8 Å².